The third-order valence-electron chi connectivity index (χ3n) is 4.90. The van der Waals surface area contributed by atoms with Crippen LogP contribution in [0.5, 0.6) is 5.75 Å². The summed E-state index contributed by atoms with van der Waals surface area (Å²) in [5.74, 6) is 1.58. The molecule has 0 radical (unpaired) electrons. The van der Waals surface area contributed by atoms with Crippen molar-refractivity contribution in [2.45, 2.75) is 25.6 Å². The summed E-state index contributed by atoms with van der Waals surface area (Å²) in [5, 5.41) is 15.0. The molecule has 0 unspecified atom stereocenters. The highest BCUT2D eigenvalue weighted by molar-refractivity contribution is 7.99. The third kappa shape index (κ3) is 5.73. The van der Waals surface area contributed by atoms with Gasteiger partial charge in [-0.05, 0) is 37.1 Å². The van der Waals surface area contributed by atoms with E-state index in [1.54, 1.807) is 0 Å². The van der Waals surface area contributed by atoms with Crippen LogP contribution in [0.2, 0.25) is 5.02 Å². The van der Waals surface area contributed by atoms with Crippen LogP contribution in [-0.4, -0.2) is 31.4 Å². The molecular formula is C23H22ClN5O2S2. The Kier molecular flexibility index (Phi) is 7.32. The van der Waals surface area contributed by atoms with E-state index in [9.17, 15) is 4.79 Å². The molecule has 1 N–H and O–H groups in total. The minimum atomic E-state index is -0.159. The van der Waals surface area contributed by atoms with Gasteiger partial charge < -0.3 is 14.6 Å². The van der Waals surface area contributed by atoms with E-state index in [4.69, 9.17) is 16.3 Å². The first-order valence-corrected chi connectivity index (χ1v) is 12.4. The lowest BCUT2D eigenvalue weighted by molar-refractivity contribution is -0.113. The summed E-state index contributed by atoms with van der Waals surface area (Å²) >= 11 is 8.62. The first-order valence-electron chi connectivity index (χ1n) is 10.1. The van der Waals surface area contributed by atoms with E-state index >= 15 is 0 Å². The predicted molar refractivity (Wildman–Crippen MR) is 133 cm³/mol. The Morgan fingerprint density at radius 2 is 1.88 bits per heavy atom. The van der Waals surface area contributed by atoms with Gasteiger partial charge >= 0.3 is 0 Å². The maximum Gasteiger partial charge on any atom is 0.236 e. The van der Waals surface area contributed by atoms with Gasteiger partial charge in [-0.25, -0.2) is 4.98 Å². The van der Waals surface area contributed by atoms with Gasteiger partial charge in [-0.2, -0.15) is 0 Å². The number of thioether (sulfide) groups is 1. The molecule has 10 heteroatoms. The number of hydrogen-bond acceptors (Lipinski definition) is 7. The molecule has 0 aliphatic heterocycles. The fraction of sp³-hybridized carbons (Fsp3) is 0.217. The van der Waals surface area contributed by atoms with Crippen molar-refractivity contribution in [3.05, 3.63) is 69.8 Å². The van der Waals surface area contributed by atoms with Crippen LogP contribution in [0.25, 0.3) is 11.3 Å². The smallest absolute Gasteiger partial charge is 0.236 e. The van der Waals surface area contributed by atoms with Crippen LogP contribution in [0.3, 0.4) is 0 Å². The number of anilines is 1. The summed E-state index contributed by atoms with van der Waals surface area (Å²) in [7, 11) is 1.86. The van der Waals surface area contributed by atoms with Crippen LogP contribution in [0.1, 0.15) is 17.0 Å². The molecule has 2 heterocycles. The second kappa shape index (κ2) is 10.4. The number of benzene rings is 2. The van der Waals surface area contributed by atoms with E-state index in [2.05, 4.69) is 20.5 Å². The second-order valence-electron chi connectivity index (χ2n) is 7.35. The number of halogens is 1. The van der Waals surface area contributed by atoms with Crippen LogP contribution in [0, 0.1) is 13.8 Å². The summed E-state index contributed by atoms with van der Waals surface area (Å²) in [6, 6.07) is 13.5. The van der Waals surface area contributed by atoms with E-state index in [1.165, 1.54) is 23.1 Å². The van der Waals surface area contributed by atoms with Crippen molar-refractivity contribution in [3.63, 3.8) is 0 Å². The third-order valence-corrected chi connectivity index (χ3v) is 6.93. The zero-order valence-corrected chi connectivity index (χ0v) is 20.7. The molecule has 4 rings (SSSR count). The normalized spacial score (nSPS) is 10.9. The van der Waals surface area contributed by atoms with Gasteiger partial charge in [-0.1, -0.05) is 53.7 Å². The molecule has 2 aromatic carbocycles. The van der Waals surface area contributed by atoms with Gasteiger partial charge in [0.15, 0.2) is 16.1 Å². The number of aryl methyl sites for hydroxylation is 2. The monoisotopic (exact) mass is 499 g/mol. The first-order chi connectivity index (χ1) is 15.9. The van der Waals surface area contributed by atoms with Crippen LogP contribution >= 0.6 is 34.7 Å². The number of ether oxygens (including phenoxy) is 1. The molecule has 0 spiro atoms. The van der Waals surface area contributed by atoms with Gasteiger partial charge in [-0.3, -0.25) is 4.79 Å². The molecule has 170 valence electrons. The SMILES string of the molecule is Cc1cccc(C)c1OCc1nnc(SCC(=O)Nc2nc(-c3ccc(Cl)cc3)cs2)n1C. The molecule has 4 aromatic rings. The van der Waals surface area contributed by atoms with Crippen molar-refractivity contribution in [1.82, 2.24) is 19.7 Å². The highest BCUT2D eigenvalue weighted by Crippen LogP contribution is 2.27. The van der Waals surface area contributed by atoms with E-state index in [0.29, 0.717) is 27.7 Å². The molecule has 1 amide bonds. The molecule has 0 atom stereocenters. The number of thiazole rings is 1. The maximum absolute atomic E-state index is 12.4. The number of rotatable bonds is 8. The number of para-hydroxylation sites is 1. The Bertz CT molecular complexity index is 1250. The quantitative estimate of drug-likeness (QED) is 0.321. The molecule has 0 fully saturated rings. The van der Waals surface area contributed by atoms with E-state index in [0.717, 1.165) is 28.1 Å². The summed E-state index contributed by atoms with van der Waals surface area (Å²) in [6.07, 6.45) is 0. The Balaban J connectivity index is 1.31. The average Bonchev–Trinajstić information content (AvgIpc) is 3.39. The summed E-state index contributed by atoms with van der Waals surface area (Å²) in [4.78, 5) is 16.9. The van der Waals surface area contributed by atoms with E-state index < -0.39 is 0 Å². The minimum absolute atomic E-state index is 0.159. The van der Waals surface area contributed by atoms with Gasteiger partial charge in [0.05, 0.1) is 11.4 Å². The molecule has 0 aliphatic rings. The number of hydrogen-bond donors (Lipinski definition) is 1. The van der Waals surface area contributed by atoms with Gasteiger partial charge in [0, 0.05) is 23.0 Å². The predicted octanol–water partition coefficient (Wildman–Crippen LogP) is 5.52. The highest BCUT2D eigenvalue weighted by atomic mass is 35.5. The van der Waals surface area contributed by atoms with Crippen LogP contribution in [-0.2, 0) is 18.4 Å². The number of nitrogens with zero attached hydrogens (tertiary/aromatic N) is 4. The average molecular weight is 500 g/mol. The lowest BCUT2D eigenvalue weighted by atomic mass is 10.1. The highest BCUT2D eigenvalue weighted by Gasteiger charge is 2.14. The largest absolute Gasteiger partial charge is 0.485 e. The van der Waals surface area contributed by atoms with Crippen LogP contribution < -0.4 is 10.1 Å². The first kappa shape index (κ1) is 23.3. The van der Waals surface area contributed by atoms with Gasteiger partial charge in [-0.15, -0.1) is 21.5 Å². The van der Waals surface area contributed by atoms with Gasteiger partial charge in [0.2, 0.25) is 5.91 Å². The topological polar surface area (TPSA) is 81.9 Å². The van der Waals surface area contributed by atoms with Crippen molar-refractivity contribution < 1.29 is 9.53 Å². The van der Waals surface area contributed by atoms with Gasteiger partial charge in [0.25, 0.3) is 0 Å². The standard InChI is InChI=1S/C23H22ClN5O2S2/c1-14-5-4-6-15(2)21(14)31-11-19-27-28-23(29(19)3)33-13-20(30)26-22-25-18(12-32-22)16-7-9-17(24)10-8-16/h4-10,12H,11,13H2,1-3H3,(H,25,26,30). The molecule has 2 aromatic heterocycles. The zero-order valence-electron chi connectivity index (χ0n) is 18.3. The Morgan fingerprint density at radius 1 is 1.15 bits per heavy atom. The Hall–Kier alpha value is -2.88. The number of carbonyl (C=O) groups is 1. The number of nitrogens with one attached hydrogen (secondary N) is 1. The van der Waals surface area contributed by atoms with Crippen molar-refractivity contribution >= 4 is 45.7 Å². The maximum atomic E-state index is 12.4. The molecular weight excluding hydrogens is 478 g/mol. The Morgan fingerprint density at radius 3 is 2.61 bits per heavy atom. The molecule has 33 heavy (non-hydrogen) atoms. The summed E-state index contributed by atoms with van der Waals surface area (Å²) < 4.78 is 7.81. The molecule has 0 bridgehead atoms. The lowest BCUT2D eigenvalue weighted by Gasteiger charge is -2.11. The van der Waals surface area contributed by atoms with Gasteiger partial charge in [0.1, 0.15) is 12.4 Å². The molecule has 0 saturated carbocycles. The minimum Gasteiger partial charge on any atom is -0.485 e. The van der Waals surface area contributed by atoms with E-state index in [1.807, 2.05) is 73.3 Å². The number of aromatic nitrogens is 4. The Labute approximate surface area is 205 Å². The number of carbonyl (C=O) groups excluding carboxylic acids is 1. The van der Waals surface area contributed by atoms with Crippen molar-refractivity contribution in [2.75, 3.05) is 11.1 Å². The summed E-state index contributed by atoms with van der Waals surface area (Å²) in [6.45, 7) is 4.33. The fourth-order valence-corrected chi connectivity index (χ4v) is 4.72. The second-order valence-corrected chi connectivity index (χ2v) is 9.59. The van der Waals surface area contributed by atoms with Crippen molar-refractivity contribution in [1.29, 1.82) is 0 Å². The van der Waals surface area contributed by atoms with Crippen molar-refractivity contribution in [3.8, 4) is 17.0 Å². The van der Waals surface area contributed by atoms with Crippen LogP contribution in [0.4, 0.5) is 5.13 Å². The summed E-state index contributed by atoms with van der Waals surface area (Å²) in [5.41, 5.74) is 3.89. The lowest BCUT2D eigenvalue weighted by Crippen LogP contribution is -2.14. The molecule has 7 nitrogen and oxygen atoms in total. The molecule has 0 saturated heterocycles. The number of amides is 1. The molecule has 0 aliphatic carbocycles. The fourth-order valence-electron chi connectivity index (χ4n) is 3.13. The zero-order chi connectivity index (χ0) is 23.4. The van der Waals surface area contributed by atoms with Crippen LogP contribution in [0.15, 0.2) is 53.0 Å². The van der Waals surface area contributed by atoms with Crippen molar-refractivity contribution in [2.24, 2.45) is 7.05 Å². The van der Waals surface area contributed by atoms with E-state index in [-0.39, 0.29) is 11.7 Å².